The summed E-state index contributed by atoms with van der Waals surface area (Å²) in [5, 5.41) is 1.88. The van der Waals surface area contributed by atoms with Crippen LogP contribution in [0.15, 0.2) is 41.2 Å². The van der Waals surface area contributed by atoms with Crippen molar-refractivity contribution in [2.24, 2.45) is 0 Å². The van der Waals surface area contributed by atoms with Crippen molar-refractivity contribution in [3.8, 4) is 0 Å². The van der Waals surface area contributed by atoms with E-state index in [1.165, 1.54) is 35.7 Å². The van der Waals surface area contributed by atoms with E-state index < -0.39 is 17.4 Å². The lowest BCUT2D eigenvalue weighted by Gasteiger charge is -2.35. The highest BCUT2D eigenvalue weighted by Crippen LogP contribution is 2.24. The number of hydrazine groups is 1. The van der Waals surface area contributed by atoms with Crippen LogP contribution in [0.4, 0.5) is 0 Å². The van der Waals surface area contributed by atoms with E-state index in [0.29, 0.717) is 10.6 Å². The molecule has 122 valence electrons. The van der Waals surface area contributed by atoms with E-state index in [1.54, 1.807) is 26.8 Å². The van der Waals surface area contributed by atoms with Crippen molar-refractivity contribution in [1.29, 1.82) is 0 Å². The second kappa shape index (κ2) is 6.64. The normalized spacial score (nSPS) is 11.2. The molecule has 2 amide bonds. The maximum atomic E-state index is 12.8. The minimum Gasteiger partial charge on any atom is -0.472 e. The molecule has 0 saturated carbocycles. The molecule has 0 aliphatic carbocycles. The standard InChI is InChI=1S/C16H16Cl2N2O3/c1-16(2,3)20(19-14(21)10-6-7-23-9-10)15(22)12-5-4-11(17)8-13(12)18/h4-9H,1-3H3,(H,19,21). The van der Waals surface area contributed by atoms with Crippen molar-refractivity contribution in [2.75, 3.05) is 0 Å². The highest BCUT2D eigenvalue weighted by Gasteiger charge is 2.30. The third kappa shape index (κ3) is 4.06. The van der Waals surface area contributed by atoms with Crippen LogP contribution >= 0.6 is 23.2 Å². The van der Waals surface area contributed by atoms with Gasteiger partial charge in [-0.2, -0.15) is 0 Å². The van der Waals surface area contributed by atoms with Gasteiger partial charge in [0.15, 0.2) is 0 Å². The van der Waals surface area contributed by atoms with Gasteiger partial charge in [-0.15, -0.1) is 0 Å². The number of benzene rings is 1. The SMILES string of the molecule is CC(C)(C)N(NC(=O)c1ccoc1)C(=O)c1ccc(Cl)cc1Cl. The van der Waals surface area contributed by atoms with Gasteiger partial charge in [0.25, 0.3) is 11.8 Å². The maximum absolute atomic E-state index is 12.8. The predicted molar refractivity (Wildman–Crippen MR) is 88.6 cm³/mol. The first-order valence-corrected chi connectivity index (χ1v) is 7.58. The Labute approximate surface area is 144 Å². The van der Waals surface area contributed by atoms with E-state index in [-0.39, 0.29) is 10.6 Å². The lowest BCUT2D eigenvalue weighted by molar-refractivity contribution is 0.0358. The van der Waals surface area contributed by atoms with Gasteiger partial charge in [0.2, 0.25) is 0 Å². The van der Waals surface area contributed by atoms with Gasteiger partial charge in [0.05, 0.1) is 28.0 Å². The number of rotatable bonds is 2. The Morgan fingerprint density at radius 2 is 1.87 bits per heavy atom. The largest absolute Gasteiger partial charge is 0.472 e. The maximum Gasteiger partial charge on any atom is 0.274 e. The fraction of sp³-hybridized carbons (Fsp3) is 0.250. The highest BCUT2D eigenvalue weighted by molar-refractivity contribution is 6.36. The van der Waals surface area contributed by atoms with E-state index in [4.69, 9.17) is 27.6 Å². The van der Waals surface area contributed by atoms with E-state index >= 15 is 0 Å². The molecule has 1 aromatic heterocycles. The third-order valence-electron chi connectivity index (χ3n) is 3.03. The lowest BCUT2D eigenvalue weighted by Crippen LogP contribution is -2.55. The highest BCUT2D eigenvalue weighted by atomic mass is 35.5. The average molecular weight is 355 g/mol. The van der Waals surface area contributed by atoms with Gasteiger partial charge >= 0.3 is 0 Å². The van der Waals surface area contributed by atoms with Crippen LogP contribution in [0.5, 0.6) is 0 Å². The molecule has 2 rings (SSSR count). The first kappa shape index (κ1) is 17.4. The summed E-state index contributed by atoms with van der Waals surface area (Å²) in [4.78, 5) is 25.0. The summed E-state index contributed by atoms with van der Waals surface area (Å²) in [6.07, 6.45) is 2.68. The van der Waals surface area contributed by atoms with E-state index in [0.717, 1.165) is 0 Å². The molecule has 0 spiro atoms. The quantitative estimate of drug-likeness (QED) is 0.823. The topological polar surface area (TPSA) is 62.6 Å². The van der Waals surface area contributed by atoms with Crippen molar-refractivity contribution in [1.82, 2.24) is 10.4 Å². The first-order chi connectivity index (χ1) is 10.7. The number of halogens is 2. The van der Waals surface area contributed by atoms with Gasteiger partial charge in [-0.3, -0.25) is 15.0 Å². The molecule has 0 fully saturated rings. The Hall–Kier alpha value is -1.98. The summed E-state index contributed by atoms with van der Waals surface area (Å²) in [7, 11) is 0. The molecular formula is C16H16Cl2N2O3. The van der Waals surface area contributed by atoms with Crippen LogP contribution in [-0.2, 0) is 0 Å². The number of nitrogens with zero attached hydrogens (tertiary/aromatic N) is 1. The molecule has 0 aliphatic rings. The van der Waals surface area contributed by atoms with Crippen LogP contribution in [0.25, 0.3) is 0 Å². The molecule has 1 heterocycles. The zero-order valence-corrected chi connectivity index (χ0v) is 14.4. The number of amides is 2. The van der Waals surface area contributed by atoms with E-state index in [1.807, 2.05) is 0 Å². The Morgan fingerprint density at radius 3 is 2.39 bits per heavy atom. The summed E-state index contributed by atoms with van der Waals surface area (Å²) >= 11 is 11.9. The van der Waals surface area contributed by atoms with Crippen LogP contribution in [0.1, 0.15) is 41.5 Å². The molecule has 0 aliphatic heterocycles. The van der Waals surface area contributed by atoms with Gasteiger partial charge in [-0.05, 0) is 45.0 Å². The van der Waals surface area contributed by atoms with Crippen molar-refractivity contribution in [3.63, 3.8) is 0 Å². The van der Waals surface area contributed by atoms with Crippen LogP contribution in [0, 0.1) is 0 Å². The van der Waals surface area contributed by atoms with Crippen molar-refractivity contribution in [2.45, 2.75) is 26.3 Å². The molecule has 2 aromatic rings. The van der Waals surface area contributed by atoms with Gasteiger partial charge in [0, 0.05) is 5.02 Å². The number of hydrogen-bond acceptors (Lipinski definition) is 3. The van der Waals surface area contributed by atoms with Crippen molar-refractivity contribution >= 4 is 35.0 Å². The summed E-state index contributed by atoms with van der Waals surface area (Å²) in [5.41, 5.74) is 2.49. The van der Waals surface area contributed by atoms with Gasteiger partial charge in [-0.1, -0.05) is 23.2 Å². The number of nitrogens with one attached hydrogen (secondary N) is 1. The monoisotopic (exact) mass is 354 g/mol. The van der Waals surface area contributed by atoms with Crippen LogP contribution in [0.3, 0.4) is 0 Å². The summed E-state index contributed by atoms with van der Waals surface area (Å²) in [6.45, 7) is 5.39. The molecule has 0 unspecified atom stereocenters. The second-order valence-electron chi connectivity index (χ2n) is 5.89. The molecule has 0 bridgehead atoms. The summed E-state index contributed by atoms with van der Waals surface area (Å²) in [6, 6.07) is 6.08. The minimum absolute atomic E-state index is 0.217. The molecule has 0 atom stereocenters. The van der Waals surface area contributed by atoms with Crippen LogP contribution in [-0.4, -0.2) is 22.4 Å². The Kier molecular flexibility index (Phi) is 5.02. The lowest BCUT2D eigenvalue weighted by atomic mass is 10.1. The van der Waals surface area contributed by atoms with Gasteiger partial charge in [-0.25, -0.2) is 5.01 Å². The third-order valence-corrected chi connectivity index (χ3v) is 3.58. The zero-order valence-electron chi connectivity index (χ0n) is 12.9. The Balaban J connectivity index is 2.31. The summed E-state index contributed by atoms with van der Waals surface area (Å²) in [5.74, 6) is -0.886. The molecule has 1 aromatic carbocycles. The molecule has 0 radical (unpaired) electrons. The molecule has 23 heavy (non-hydrogen) atoms. The van der Waals surface area contributed by atoms with Gasteiger partial charge < -0.3 is 4.42 Å². The first-order valence-electron chi connectivity index (χ1n) is 6.83. The minimum atomic E-state index is -0.667. The van der Waals surface area contributed by atoms with Crippen LogP contribution < -0.4 is 5.43 Å². The smallest absolute Gasteiger partial charge is 0.274 e. The number of furan rings is 1. The van der Waals surface area contributed by atoms with Crippen molar-refractivity contribution in [3.05, 3.63) is 58.0 Å². The van der Waals surface area contributed by atoms with Gasteiger partial charge in [0.1, 0.15) is 6.26 Å². The second-order valence-corrected chi connectivity index (χ2v) is 6.73. The Bertz CT molecular complexity index is 721. The number of carbonyl (C=O) groups is 2. The number of hydrogen-bond donors (Lipinski definition) is 1. The summed E-state index contributed by atoms with van der Waals surface area (Å²) < 4.78 is 4.88. The molecule has 7 heteroatoms. The predicted octanol–water partition coefficient (Wildman–Crippen LogP) is 4.17. The molecule has 5 nitrogen and oxygen atoms in total. The molecule has 1 N–H and O–H groups in total. The van der Waals surface area contributed by atoms with Crippen LogP contribution in [0.2, 0.25) is 10.0 Å². The van der Waals surface area contributed by atoms with E-state index in [9.17, 15) is 9.59 Å². The number of carbonyl (C=O) groups excluding carboxylic acids is 2. The fourth-order valence-electron chi connectivity index (χ4n) is 1.87. The molecular weight excluding hydrogens is 339 g/mol. The zero-order chi connectivity index (χ0) is 17.2. The van der Waals surface area contributed by atoms with E-state index in [2.05, 4.69) is 5.43 Å². The Morgan fingerprint density at radius 1 is 1.17 bits per heavy atom. The fourth-order valence-corrected chi connectivity index (χ4v) is 2.36. The molecule has 0 saturated heterocycles. The van der Waals surface area contributed by atoms with Crippen molar-refractivity contribution < 1.29 is 14.0 Å². The average Bonchev–Trinajstić information content (AvgIpc) is 2.96.